The molecule has 1 aliphatic rings. The van der Waals surface area contributed by atoms with E-state index in [-0.39, 0.29) is 0 Å². The Hall–Kier alpha value is -0.0400. The summed E-state index contributed by atoms with van der Waals surface area (Å²) >= 11 is 0. The lowest BCUT2D eigenvalue weighted by molar-refractivity contribution is 0.195. The van der Waals surface area contributed by atoms with E-state index in [1.54, 1.807) is 0 Å². The average molecular weight is 155 g/mol. The molecule has 0 heterocycles. The van der Waals surface area contributed by atoms with Crippen molar-refractivity contribution in [2.24, 2.45) is 5.92 Å². The maximum absolute atomic E-state index is 2.52. The van der Waals surface area contributed by atoms with Gasteiger partial charge < -0.3 is 4.90 Å². The normalized spacial score (nSPS) is 32.2. The highest BCUT2D eigenvalue weighted by atomic mass is 15.1. The number of nitrogens with zero attached hydrogens (tertiary/aromatic N) is 1. The van der Waals surface area contributed by atoms with Crippen molar-refractivity contribution in [3.05, 3.63) is 0 Å². The zero-order valence-corrected chi connectivity index (χ0v) is 8.30. The molecule has 0 aromatic rings. The molecule has 1 aliphatic carbocycles. The Labute approximate surface area is 70.8 Å². The van der Waals surface area contributed by atoms with Gasteiger partial charge in [-0.25, -0.2) is 0 Å². The molecule has 1 saturated carbocycles. The molecule has 0 amide bonds. The van der Waals surface area contributed by atoms with Gasteiger partial charge in [0.25, 0.3) is 0 Å². The summed E-state index contributed by atoms with van der Waals surface area (Å²) in [6.07, 6.45) is 4.26. The SMILES string of the molecule is CC(C)N(C)[C@H]1CC[C@@H](C)C1. The van der Waals surface area contributed by atoms with Crippen LogP contribution in [0.1, 0.15) is 40.0 Å². The summed E-state index contributed by atoms with van der Waals surface area (Å²) in [5.41, 5.74) is 0. The predicted octanol–water partition coefficient (Wildman–Crippen LogP) is 2.52. The largest absolute Gasteiger partial charge is 0.301 e. The van der Waals surface area contributed by atoms with E-state index in [9.17, 15) is 0 Å². The maximum Gasteiger partial charge on any atom is 0.00975 e. The van der Waals surface area contributed by atoms with Gasteiger partial charge in [-0.2, -0.15) is 0 Å². The van der Waals surface area contributed by atoms with Crippen LogP contribution in [0.4, 0.5) is 0 Å². The molecule has 2 atom stereocenters. The van der Waals surface area contributed by atoms with Crippen molar-refractivity contribution in [2.75, 3.05) is 7.05 Å². The van der Waals surface area contributed by atoms with Gasteiger partial charge in [-0.05, 0) is 46.1 Å². The van der Waals surface area contributed by atoms with E-state index in [0.717, 1.165) is 12.0 Å². The van der Waals surface area contributed by atoms with Crippen LogP contribution < -0.4 is 0 Å². The molecule has 1 nitrogen and oxygen atoms in total. The first-order chi connectivity index (χ1) is 5.11. The molecule has 0 N–H and O–H groups in total. The first-order valence-electron chi connectivity index (χ1n) is 4.83. The lowest BCUT2D eigenvalue weighted by atomic mass is 10.1. The molecule has 1 rings (SSSR count). The van der Waals surface area contributed by atoms with Crippen molar-refractivity contribution in [3.63, 3.8) is 0 Å². The molecule has 0 aliphatic heterocycles. The van der Waals surface area contributed by atoms with Crippen molar-refractivity contribution in [3.8, 4) is 0 Å². The van der Waals surface area contributed by atoms with Crippen molar-refractivity contribution in [2.45, 2.75) is 52.1 Å². The van der Waals surface area contributed by atoms with Crippen molar-refractivity contribution >= 4 is 0 Å². The van der Waals surface area contributed by atoms with Gasteiger partial charge in [0.05, 0.1) is 0 Å². The van der Waals surface area contributed by atoms with E-state index >= 15 is 0 Å². The summed E-state index contributed by atoms with van der Waals surface area (Å²) in [6, 6.07) is 1.58. The fourth-order valence-electron chi connectivity index (χ4n) is 1.97. The van der Waals surface area contributed by atoms with Gasteiger partial charge in [-0.15, -0.1) is 0 Å². The van der Waals surface area contributed by atoms with Gasteiger partial charge in [-0.1, -0.05) is 6.92 Å². The van der Waals surface area contributed by atoms with E-state index in [1.165, 1.54) is 19.3 Å². The smallest absolute Gasteiger partial charge is 0.00975 e. The molecular weight excluding hydrogens is 134 g/mol. The van der Waals surface area contributed by atoms with Gasteiger partial charge in [0.15, 0.2) is 0 Å². The molecule has 66 valence electrons. The van der Waals surface area contributed by atoms with Crippen molar-refractivity contribution in [1.82, 2.24) is 4.90 Å². The molecule has 0 unspecified atom stereocenters. The molecule has 0 radical (unpaired) electrons. The first-order valence-corrected chi connectivity index (χ1v) is 4.83. The first kappa shape index (κ1) is 9.05. The predicted molar refractivity (Wildman–Crippen MR) is 49.7 cm³/mol. The molecule has 0 aromatic carbocycles. The Bertz CT molecular complexity index is 120. The lowest BCUT2D eigenvalue weighted by Crippen LogP contribution is -2.35. The summed E-state index contributed by atoms with van der Waals surface area (Å²) in [4.78, 5) is 2.52. The van der Waals surface area contributed by atoms with Gasteiger partial charge in [0.1, 0.15) is 0 Å². The Morgan fingerprint density at radius 3 is 2.27 bits per heavy atom. The minimum absolute atomic E-state index is 0.713. The standard InChI is InChI=1S/C10H21N/c1-8(2)11(4)10-6-5-9(3)7-10/h8-10H,5-7H2,1-4H3/t9-,10+/m1/s1. The van der Waals surface area contributed by atoms with Crippen molar-refractivity contribution in [1.29, 1.82) is 0 Å². The summed E-state index contributed by atoms with van der Waals surface area (Å²) in [6.45, 7) is 6.93. The third-order valence-electron chi connectivity index (χ3n) is 3.06. The molecule has 0 bridgehead atoms. The fourth-order valence-corrected chi connectivity index (χ4v) is 1.97. The van der Waals surface area contributed by atoms with E-state index < -0.39 is 0 Å². The minimum atomic E-state index is 0.713. The molecule has 11 heavy (non-hydrogen) atoms. The highest BCUT2D eigenvalue weighted by Gasteiger charge is 2.25. The van der Waals surface area contributed by atoms with Gasteiger partial charge >= 0.3 is 0 Å². The molecule has 1 fully saturated rings. The Morgan fingerprint density at radius 2 is 1.91 bits per heavy atom. The molecule has 0 saturated heterocycles. The molecule has 0 spiro atoms. The van der Waals surface area contributed by atoms with Crippen molar-refractivity contribution < 1.29 is 0 Å². The number of rotatable bonds is 2. The Kier molecular flexibility index (Phi) is 2.94. The van der Waals surface area contributed by atoms with Crippen LogP contribution in [0.5, 0.6) is 0 Å². The number of hydrogen-bond acceptors (Lipinski definition) is 1. The fraction of sp³-hybridized carbons (Fsp3) is 1.00. The monoisotopic (exact) mass is 155 g/mol. The highest BCUT2D eigenvalue weighted by Crippen LogP contribution is 2.28. The van der Waals surface area contributed by atoms with E-state index in [2.05, 4.69) is 32.7 Å². The number of hydrogen-bond donors (Lipinski definition) is 0. The summed E-state index contributed by atoms with van der Waals surface area (Å²) < 4.78 is 0. The highest BCUT2D eigenvalue weighted by molar-refractivity contribution is 4.80. The van der Waals surface area contributed by atoms with Crippen LogP contribution in [0.15, 0.2) is 0 Å². The quantitative estimate of drug-likeness (QED) is 0.592. The van der Waals surface area contributed by atoms with Gasteiger partial charge in [0, 0.05) is 12.1 Å². The van der Waals surface area contributed by atoms with E-state index in [0.29, 0.717) is 6.04 Å². The minimum Gasteiger partial charge on any atom is -0.301 e. The van der Waals surface area contributed by atoms with Gasteiger partial charge in [0.2, 0.25) is 0 Å². The lowest BCUT2D eigenvalue weighted by Gasteiger charge is -2.28. The second-order valence-corrected chi connectivity index (χ2v) is 4.33. The third kappa shape index (κ3) is 2.19. The summed E-state index contributed by atoms with van der Waals surface area (Å²) in [5.74, 6) is 0.959. The topological polar surface area (TPSA) is 3.24 Å². The average Bonchev–Trinajstić information content (AvgIpc) is 2.34. The third-order valence-corrected chi connectivity index (χ3v) is 3.06. The van der Waals surface area contributed by atoms with Crippen LogP contribution in [0, 0.1) is 5.92 Å². The van der Waals surface area contributed by atoms with E-state index in [1.807, 2.05) is 0 Å². The van der Waals surface area contributed by atoms with Crippen LogP contribution in [-0.4, -0.2) is 24.0 Å². The molecular formula is C10H21N. The van der Waals surface area contributed by atoms with Crippen LogP contribution in [0.2, 0.25) is 0 Å². The van der Waals surface area contributed by atoms with Crippen LogP contribution in [-0.2, 0) is 0 Å². The molecule has 0 aromatic heterocycles. The summed E-state index contributed by atoms with van der Waals surface area (Å²) in [5, 5.41) is 0. The Balaban J connectivity index is 2.36. The van der Waals surface area contributed by atoms with Crippen LogP contribution in [0.3, 0.4) is 0 Å². The zero-order valence-electron chi connectivity index (χ0n) is 8.30. The van der Waals surface area contributed by atoms with Crippen LogP contribution >= 0.6 is 0 Å². The van der Waals surface area contributed by atoms with E-state index in [4.69, 9.17) is 0 Å². The summed E-state index contributed by atoms with van der Waals surface area (Å²) in [7, 11) is 2.26. The van der Waals surface area contributed by atoms with Crippen LogP contribution in [0.25, 0.3) is 0 Å². The zero-order chi connectivity index (χ0) is 8.43. The maximum atomic E-state index is 2.52. The van der Waals surface area contributed by atoms with Gasteiger partial charge in [-0.3, -0.25) is 0 Å². The molecule has 1 heteroatoms. The Morgan fingerprint density at radius 1 is 1.27 bits per heavy atom. The second-order valence-electron chi connectivity index (χ2n) is 4.33. The second kappa shape index (κ2) is 3.57.